The molecule has 4 nitrogen and oxygen atoms in total. The molecule has 5 heteroatoms. The van der Waals surface area contributed by atoms with E-state index in [0.717, 1.165) is 5.56 Å². The second-order valence-corrected chi connectivity index (χ2v) is 4.15. The molecular formula is C12H17FN2O2. The molecule has 0 aromatic heterocycles. The molecule has 2 rings (SSSR count). The van der Waals surface area contributed by atoms with Crippen molar-refractivity contribution in [3.63, 3.8) is 0 Å². The summed E-state index contributed by atoms with van der Waals surface area (Å²) in [4.78, 5) is 0. The first-order valence-electron chi connectivity index (χ1n) is 5.64. The molecule has 0 radical (unpaired) electrons. The van der Waals surface area contributed by atoms with Crippen molar-refractivity contribution in [2.45, 2.75) is 19.1 Å². The number of halogens is 1. The predicted molar refractivity (Wildman–Crippen MR) is 61.8 cm³/mol. The summed E-state index contributed by atoms with van der Waals surface area (Å²) in [5.74, 6) is 5.22. The smallest absolute Gasteiger partial charge is 0.128 e. The minimum absolute atomic E-state index is 0.259. The van der Waals surface area contributed by atoms with Gasteiger partial charge in [-0.25, -0.2) is 4.39 Å². The standard InChI is InChI=1S/C12H17FN2O2/c1-8-2-3-10(13)9(6-8)12(15-14)11-7-16-4-5-17-11/h2-3,6,11-12,15H,4-5,7,14H2,1H3. The van der Waals surface area contributed by atoms with Crippen LogP contribution in [-0.4, -0.2) is 25.9 Å². The Bertz CT molecular complexity index is 381. The fourth-order valence-corrected chi connectivity index (χ4v) is 2.00. The quantitative estimate of drug-likeness (QED) is 0.612. The average Bonchev–Trinajstić information content (AvgIpc) is 2.36. The maximum absolute atomic E-state index is 13.8. The van der Waals surface area contributed by atoms with Gasteiger partial charge in [0.25, 0.3) is 0 Å². The highest BCUT2D eigenvalue weighted by Crippen LogP contribution is 2.24. The summed E-state index contributed by atoms with van der Waals surface area (Å²) in [6, 6.07) is 4.55. The van der Waals surface area contributed by atoms with Gasteiger partial charge in [-0.05, 0) is 13.0 Å². The first kappa shape index (κ1) is 12.4. The van der Waals surface area contributed by atoms with Crippen LogP contribution in [0.5, 0.6) is 0 Å². The molecular weight excluding hydrogens is 223 g/mol. The summed E-state index contributed by atoms with van der Waals surface area (Å²) in [5, 5.41) is 0. The number of rotatable bonds is 3. The SMILES string of the molecule is Cc1ccc(F)c(C(NN)C2COCCO2)c1. The maximum Gasteiger partial charge on any atom is 0.128 e. The highest BCUT2D eigenvalue weighted by Gasteiger charge is 2.27. The van der Waals surface area contributed by atoms with Crippen molar-refractivity contribution in [3.8, 4) is 0 Å². The molecule has 1 aliphatic heterocycles. The maximum atomic E-state index is 13.8. The van der Waals surface area contributed by atoms with Gasteiger partial charge in [-0.1, -0.05) is 17.7 Å². The highest BCUT2D eigenvalue weighted by atomic mass is 19.1. The van der Waals surface area contributed by atoms with Gasteiger partial charge in [0, 0.05) is 5.56 Å². The van der Waals surface area contributed by atoms with Crippen molar-refractivity contribution in [2.24, 2.45) is 5.84 Å². The Morgan fingerprint density at radius 1 is 1.47 bits per heavy atom. The summed E-state index contributed by atoms with van der Waals surface area (Å²) in [6.07, 6.45) is -0.259. The van der Waals surface area contributed by atoms with E-state index >= 15 is 0 Å². The van der Waals surface area contributed by atoms with E-state index in [2.05, 4.69) is 5.43 Å². The molecule has 0 amide bonds. The molecule has 2 unspecified atom stereocenters. The average molecular weight is 240 g/mol. The second-order valence-electron chi connectivity index (χ2n) is 4.15. The molecule has 0 spiro atoms. The third kappa shape index (κ3) is 2.81. The van der Waals surface area contributed by atoms with E-state index < -0.39 is 6.04 Å². The lowest BCUT2D eigenvalue weighted by Crippen LogP contribution is -2.43. The van der Waals surface area contributed by atoms with E-state index in [4.69, 9.17) is 15.3 Å². The Balaban J connectivity index is 2.24. The molecule has 1 heterocycles. The van der Waals surface area contributed by atoms with E-state index in [-0.39, 0.29) is 11.9 Å². The van der Waals surface area contributed by atoms with E-state index in [0.29, 0.717) is 25.4 Å². The van der Waals surface area contributed by atoms with Crippen molar-refractivity contribution in [3.05, 3.63) is 35.1 Å². The fourth-order valence-electron chi connectivity index (χ4n) is 2.00. The summed E-state index contributed by atoms with van der Waals surface area (Å²) in [7, 11) is 0. The zero-order valence-corrected chi connectivity index (χ0v) is 9.78. The normalized spacial score (nSPS) is 22.4. The number of ether oxygens (including phenoxy) is 2. The van der Waals surface area contributed by atoms with Crippen molar-refractivity contribution >= 4 is 0 Å². The Morgan fingerprint density at radius 3 is 2.94 bits per heavy atom. The van der Waals surface area contributed by atoms with Crippen LogP contribution in [-0.2, 0) is 9.47 Å². The van der Waals surface area contributed by atoms with Crippen LogP contribution in [0.2, 0.25) is 0 Å². The number of benzene rings is 1. The fraction of sp³-hybridized carbons (Fsp3) is 0.500. The van der Waals surface area contributed by atoms with Gasteiger partial charge in [0.05, 0.1) is 25.9 Å². The molecule has 0 saturated carbocycles. The van der Waals surface area contributed by atoms with Crippen LogP contribution in [0.3, 0.4) is 0 Å². The number of aryl methyl sites for hydroxylation is 1. The van der Waals surface area contributed by atoms with Crippen molar-refractivity contribution in [1.29, 1.82) is 0 Å². The van der Waals surface area contributed by atoms with Gasteiger partial charge in [0.2, 0.25) is 0 Å². The molecule has 17 heavy (non-hydrogen) atoms. The zero-order valence-electron chi connectivity index (χ0n) is 9.78. The Labute approximate surface area is 99.9 Å². The minimum atomic E-state index is -0.393. The van der Waals surface area contributed by atoms with Crippen LogP contribution in [0.1, 0.15) is 17.2 Å². The Morgan fingerprint density at radius 2 is 2.29 bits per heavy atom. The van der Waals surface area contributed by atoms with E-state index in [9.17, 15) is 4.39 Å². The van der Waals surface area contributed by atoms with E-state index in [1.165, 1.54) is 6.07 Å². The summed E-state index contributed by atoms with van der Waals surface area (Å²) in [5.41, 5.74) is 4.11. The highest BCUT2D eigenvalue weighted by molar-refractivity contribution is 5.27. The molecule has 2 atom stereocenters. The van der Waals surface area contributed by atoms with Crippen LogP contribution in [0.25, 0.3) is 0 Å². The third-order valence-electron chi connectivity index (χ3n) is 2.88. The van der Waals surface area contributed by atoms with E-state index in [1.807, 2.05) is 6.92 Å². The van der Waals surface area contributed by atoms with Crippen molar-refractivity contribution in [2.75, 3.05) is 19.8 Å². The van der Waals surface area contributed by atoms with Crippen LogP contribution >= 0.6 is 0 Å². The number of hydrogen-bond acceptors (Lipinski definition) is 4. The van der Waals surface area contributed by atoms with Gasteiger partial charge < -0.3 is 9.47 Å². The number of hydrazine groups is 1. The van der Waals surface area contributed by atoms with Gasteiger partial charge in [-0.3, -0.25) is 11.3 Å². The number of nitrogens with two attached hydrogens (primary N) is 1. The topological polar surface area (TPSA) is 56.5 Å². The van der Waals surface area contributed by atoms with Crippen LogP contribution in [0.15, 0.2) is 18.2 Å². The van der Waals surface area contributed by atoms with Crippen LogP contribution in [0.4, 0.5) is 4.39 Å². The molecule has 0 aliphatic carbocycles. The molecule has 0 bridgehead atoms. The Kier molecular flexibility index (Phi) is 4.06. The first-order valence-corrected chi connectivity index (χ1v) is 5.64. The molecule has 1 aliphatic rings. The molecule has 94 valence electrons. The van der Waals surface area contributed by atoms with E-state index in [1.54, 1.807) is 12.1 Å². The van der Waals surface area contributed by atoms with Crippen molar-refractivity contribution < 1.29 is 13.9 Å². The molecule has 1 aromatic carbocycles. The second kappa shape index (κ2) is 5.55. The largest absolute Gasteiger partial charge is 0.376 e. The van der Waals surface area contributed by atoms with Gasteiger partial charge in [-0.2, -0.15) is 0 Å². The zero-order chi connectivity index (χ0) is 12.3. The van der Waals surface area contributed by atoms with Crippen LogP contribution < -0.4 is 11.3 Å². The molecule has 1 aromatic rings. The van der Waals surface area contributed by atoms with Gasteiger partial charge in [0.15, 0.2) is 0 Å². The summed E-state index contributed by atoms with van der Waals surface area (Å²) in [6.45, 7) is 3.41. The predicted octanol–water partition coefficient (Wildman–Crippen LogP) is 1.05. The minimum Gasteiger partial charge on any atom is -0.376 e. The lowest BCUT2D eigenvalue weighted by atomic mass is 9.99. The number of nitrogens with one attached hydrogen (secondary N) is 1. The summed E-state index contributed by atoms with van der Waals surface area (Å²) >= 11 is 0. The van der Waals surface area contributed by atoms with Crippen molar-refractivity contribution in [1.82, 2.24) is 5.43 Å². The molecule has 1 fully saturated rings. The van der Waals surface area contributed by atoms with Crippen LogP contribution in [0, 0.1) is 12.7 Å². The molecule has 3 N–H and O–H groups in total. The lowest BCUT2D eigenvalue weighted by Gasteiger charge is -2.30. The van der Waals surface area contributed by atoms with Gasteiger partial charge in [-0.15, -0.1) is 0 Å². The first-order chi connectivity index (χ1) is 8.22. The van der Waals surface area contributed by atoms with Gasteiger partial charge >= 0.3 is 0 Å². The monoisotopic (exact) mass is 240 g/mol. The number of hydrogen-bond donors (Lipinski definition) is 2. The Hall–Kier alpha value is -1.01. The third-order valence-corrected chi connectivity index (χ3v) is 2.88. The molecule has 1 saturated heterocycles. The lowest BCUT2D eigenvalue weighted by molar-refractivity contribution is -0.103. The summed E-state index contributed by atoms with van der Waals surface area (Å²) < 4.78 is 24.6. The van der Waals surface area contributed by atoms with Gasteiger partial charge in [0.1, 0.15) is 11.9 Å².